The summed E-state index contributed by atoms with van der Waals surface area (Å²) in [5.74, 6) is -0.0534. The highest BCUT2D eigenvalue weighted by Crippen LogP contribution is 2.30. The Bertz CT molecular complexity index is 1040. The van der Waals surface area contributed by atoms with E-state index in [1.54, 1.807) is 11.3 Å². The Morgan fingerprint density at radius 2 is 2.03 bits per heavy atom. The molecular weight excluding hydrogens is 392 g/mol. The van der Waals surface area contributed by atoms with Crippen molar-refractivity contribution in [2.75, 3.05) is 18.4 Å². The fraction of sp³-hybridized carbons (Fsp3) is 0.292. The fourth-order valence-electron chi connectivity index (χ4n) is 3.54. The number of aryl methyl sites for hydroxylation is 1. The van der Waals surface area contributed by atoms with Crippen LogP contribution >= 0.6 is 11.3 Å². The van der Waals surface area contributed by atoms with Gasteiger partial charge in [0.1, 0.15) is 0 Å². The molecule has 1 aliphatic rings. The average Bonchev–Trinajstić information content (AvgIpc) is 3.21. The number of hydrogen-bond acceptors (Lipinski definition) is 5. The number of carbonyl (C=O) groups excluding carboxylic acids is 1. The van der Waals surface area contributed by atoms with Crippen LogP contribution in [-0.2, 0) is 6.54 Å². The standard InChI is InChI=1S/C24H28N4OS/c1-15-6-7-19(28-20-13-26-14-20)11-22(15)24(29)27-16(2)17-4-3-5-18(10-17)23-9-8-21(12-25)30-23/h3-11,16,20,26,28H,12-14,25H2,1-2H3,(H,27,29)/t16-/m1/s1. The Balaban J connectivity index is 1.48. The largest absolute Gasteiger partial charge is 0.380 e. The number of amides is 1. The Hall–Kier alpha value is -2.67. The van der Waals surface area contributed by atoms with Gasteiger partial charge in [-0.05, 0) is 60.9 Å². The Labute approximate surface area is 181 Å². The van der Waals surface area contributed by atoms with E-state index in [2.05, 4.69) is 46.3 Å². The minimum absolute atomic E-state index is 0.0534. The maximum Gasteiger partial charge on any atom is 0.252 e. The van der Waals surface area contributed by atoms with E-state index in [1.807, 2.05) is 38.1 Å². The molecule has 0 bridgehead atoms. The molecule has 4 rings (SSSR count). The van der Waals surface area contributed by atoms with Crippen molar-refractivity contribution < 1.29 is 4.79 Å². The van der Waals surface area contributed by atoms with Crippen molar-refractivity contribution in [3.8, 4) is 10.4 Å². The van der Waals surface area contributed by atoms with Crippen LogP contribution < -0.4 is 21.7 Å². The summed E-state index contributed by atoms with van der Waals surface area (Å²) in [5.41, 5.74) is 10.6. The Morgan fingerprint density at radius 3 is 2.73 bits per heavy atom. The predicted molar refractivity (Wildman–Crippen MR) is 125 cm³/mol. The molecule has 1 saturated heterocycles. The first-order chi connectivity index (χ1) is 14.5. The van der Waals surface area contributed by atoms with Crippen LogP contribution in [0.1, 0.15) is 39.3 Å². The Kier molecular flexibility index (Phi) is 6.18. The lowest BCUT2D eigenvalue weighted by molar-refractivity contribution is 0.0939. The van der Waals surface area contributed by atoms with Gasteiger partial charge in [0, 0.05) is 40.6 Å². The number of benzene rings is 2. The number of nitrogens with two attached hydrogens (primary N) is 1. The summed E-state index contributed by atoms with van der Waals surface area (Å²) in [7, 11) is 0. The van der Waals surface area contributed by atoms with E-state index in [9.17, 15) is 4.79 Å². The highest BCUT2D eigenvalue weighted by molar-refractivity contribution is 7.15. The van der Waals surface area contributed by atoms with E-state index in [4.69, 9.17) is 5.73 Å². The quantitative estimate of drug-likeness (QED) is 0.465. The monoisotopic (exact) mass is 420 g/mol. The molecule has 6 heteroatoms. The van der Waals surface area contributed by atoms with Crippen molar-refractivity contribution in [1.29, 1.82) is 0 Å². The molecule has 1 fully saturated rings. The molecule has 1 atom stereocenters. The molecule has 5 nitrogen and oxygen atoms in total. The highest BCUT2D eigenvalue weighted by atomic mass is 32.1. The van der Waals surface area contributed by atoms with E-state index >= 15 is 0 Å². The lowest BCUT2D eigenvalue weighted by Gasteiger charge is -2.29. The summed E-state index contributed by atoms with van der Waals surface area (Å²) in [6.07, 6.45) is 0. The van der Waals surface area contributed by atoms with Crippen LogP contribution in [0.25, 0.3) is 10.4 Å². The minimum atomic E-state index is -0.0989. The predicted octanol–water partition coefficient (Wildman–Crippen LogP) is 4.06. The molecule has 1 aromatic heterocycles. The molecule has 2 aromatic carbocycles. The van der Waals surface area contributed by atoms with Gasteiger partial charge in [-0.25, -0.2) is 0 Å². The molecule has 5 N–H and O–H groups in total. The molecular formula is C24H28N4OS. The molecule has 0 unspecified atom stereocenters. The van der Waals surface area contributed by atoms with Crippen LogP contribution in [0.4, 0.5) is 5.69 Å². The second kappa shape index (κ2) is 9.00. The number of nitrogens with one attached hydrogen (secondary N) is 3. The van der Waals surface area contributed by atoms with Gasteiger partial charge >= 0.3 is 0 Å². The smallest absolute Gasteiger partial charge is 0.252 e. The van der Waals surface area contributed by atoms with Crippen LogP contribution in [0.15, 0.2) is 54.6 Å². The topological polar surface area (TPSA) is 79.2 Å². The van der Waals surface area contributed by atoms with E-state index in [-0.39, 0.29) is 11.9 Å². The summed E-state index contributed by atoms with van der Waals surface area (Å²) in [6.45, 7) is 6.47. The summed E-state index contributed by atoms with van der Waals surface area (Å²) >= 11 is 1.71. The molecule has 0 radical (unpaired) electrons. The second-order valence-electron chi connectivity index (χ2n) is 7.82. The zero-order valence-electron chi connectivity index (χ0n) is 17.4. The van der Waals surface area contributed by atoms with Crippen LogP contribution in [0.3, 0.4) is 0 Å². The maximum absolute atomic E-state index is 13.0. The van der Waals surface area contributed by atoms with Gasteiger partial charge in [0.2, 0.25) is 0 Å². The third kappa shape index (κ3) is 4.56. The molecule has 0 saturated carbocycles. The number of thiophene rings is 1. The zero-order chi connectivity index (χ0) is 21.1. The second-order valence-corrected chi connectivity index (χ2v) is 8.99. The molecule has 156 valence electrons. The third-order valence-electron chi connectivity index (χ3n) is 5.52. The summed E-state index contributed by atoms with van der Waals surface area (Å²) in [5, 5.41) is 9.88. The van der Waals surface area contributed by atoms with E-state index in [1.165, 1.54) is 9.75 Å². The van der Waals surface area contributed by atoms with Crippen molar-refractivity contribution in [3.63, 3.8) is 0 Å². The first-order valence-corrected chi connectivity index (χ1v) is 11.1. The SMILES string of the molecule is Cc1ccc(NC2CNC2)cc1C(=O)N[C@H](C)c1cccc(-c2ccc(CN)s2)c1. The van der Waals surface area contributed by atoms with Gasteiger partial charge in [-0.2, -0.15) is 0 Å². The normalized spacial score (nSPS) is 14.8. The van der Waals surface area contributed by atoms with Gasteiger partial charge in [-0.3, -0.25) is 4.79 Å². The van der Waals surface area contributed by atoms with E-state index in [0.29, 0.717) is 18.2 Å². The van der Waals surface area contributed by atoms with Gasteiger partial charge < -0.3 is 21.7 Å². The first-order valence-electron chi connectivity index (χ1n) is 10.3. The van der Waals surface area contributed by atoms with Gasteiger partial charge in [-0.1, -0.05) is 24.3 Å². The molecule has 1 amide bonds. The number of anilines is 1. The van der Waals surface area contributed by atoms with Crippen molar-refractivity contribution in [3.05, 3.63) is 76.2 Å². The van der Waals surface area contributed by atoms with Crippen molar-refractivity contribution in [2.45, 2.75) is 32.5 Å². The molecule has 3 aromatic rings. The Morgan fingerprint density at radius 1 is 1.20 bits per heavy atom. The number of hydrogen-bond donors (Lipinski definition) is 4. The first kappa shape index (κ1) is 20.6. The van der Waals surface area contributed by atoms with Gasteiger partial charge in [0.25, 0.3) is 5.91 Å². The molecule has 30 heavy (non-hydrogen) atoms. The summed E-state index contributed by atoms with van der Waals surface area (Å²) < 4.78 is 0. The van der Waals surface area contributed by atoms with Crippen molar-refractivity contribution in [1.82, 2.24) is 10.6 Å². The molecule has 0 aliphatic carbocycles. The van der Waals surface area contributed by atoms with Crippen LogP contribution in [0, 0.1) is 6.92 Å². The minimum Gasteiger partial charge on any atom is -0.380 e. The van der Waals surface area contributed by atoms with Gasteiger partial charge in [0.05, 0.1) is 12.1 Å². The molecule has 2 heterocycles. The van der Waals surface area contributed by atoms with E-state index < -0.39 is 0 Å². The van der Waals surface area contributed by atoms with Crippen LogP contribution in [-0.4, -0.2) is 25.0 Å². The maximum atomic E-state index is 13.0. The highest BCUT2D eigenvalue weighted by Gasteiger charge is 2.18. The lowest BCUT2D eigenvalue weighted by atomic mass is 10.0. The third-order valence-corrected chi connectivity index (χ3v) is 6.67. The summed E-state index contributed by atoms with van der Waals surface area (Å²) in [4.78, 5) is 15.4. The van der Waals surface area contributed by atoms with Crippen LogP contribution in [0.5, 0.6) is 0 Å². The van der Waals surface area contributed by atoms with Gasteiger partial charge in [0.15, 0.2) is 0 Å². The fourth-order valence-corrected chi connectivity index (χ4v) is 4.43. The van der Waals surface area contributed by atoms with Crippen molar-refractivity contribution in [2.24, 2.45) is 5.73 Å². The average molecular weight is 421 g/mol. The van der Waals surface area contributed by atoms with E-state index in [0.717, 1.165) is 35.5 Å². The van der Waals surface area contributed by atoms with Gasteiger partial charge in [-0.15, -0.1) is 11.3 Å². The van der Waals surface area contributed by atoms with Crippen LogP contribution in [0.2, 0.25) is 0 Å². The summed E-state index contributed by atoms with van der Waals surface area (Å²) in [6, 6.07) is 18.8. The number of carbonyl (C=O) groups is 1. The zero-order valence-corrected chi connectivity index (χ0v) is 18.2. The number of rotatable bonds is 7. The lowest BCUT2D eigenvalue weighted by Crippen LogP contribution is -2.51. The molecule has 1 aliphatic heterocycles. The molecule has 0 spiro atoms. The van der Waals surface area contributed by atoms with Crippen molar-refractivity contribution >= 4 is 22.9 Å².